The number of aromatic nitrogens is 2. The molecule has 9 heteroatoms. The molecule has 0 unspecified atom stereocenters. The monoisotopic (exact) mass is 400 g/mol. The molecule has 1 fully saturated rings. The second-order valence-electron chi connectivity index (χ2n) is 6.59. The Hall–Kier alpha value is -2.91. The van der Waals surface area contributed by atoms with E-state index in [1.807, 2.05) is 30.3 Å². The number of furan rings is 1. The molecule has 0 radical (unpaired) electrons. The molecular formula is C19H20N4O4S. The van der Waals surface area contributed by atoms with Crippen LogP contribution in [0, 0.1) is 0 Å². The summed E-state index contributed by atoms with van der Waals surface area (Å²) in [5.41, 5.74) is 1.73. The first-order valence-corrected chi connectivity index (χ1v) is 10.7. The van der Waals surface area contributed by atoms with Crippen molar-refractivity contribution in [1.82, 2.24) is 19.0 Å². The summed E-state index contributed by atoms with van der Waals surface area (Å²) in [4.78, 5) is 14.9. The van der Waals surface area contributed by atoms with Gasteiger partial charge in [-0.15, -0.1) is 0 Å². The smallest absolute Gasteiger partial charge is 0.272 e. The van der Waals surface area contributed by atoms with E-state index in [0.29, 0.717) is 30.2 Å². The topological polar surface area (TPSA) is 88.7 Å². The Bertz CT molecular complexity index is 1070. The molecule has 2 aromatic heterocycles. The minimum Gasteiger partial charge on any atom is -0.463 e. The first-order valence-electron chi connectivity index (χ1n) is 8.87. The molecular weight excluding hydrogens is 380 g/mol. The second-order valence-corrected chi connectivity index (χ2v) is 8.58. The van der Waals surface area contributed by atoms with Crippen LogP contribution in [-0.2, 0) is 10.0 Å². The molecule has 8 nitrogen and oxygen atoms in total. The molecule has 0 N–H and O–H groups in total. The van der Waals surface area contributed by atoms with Gasteiger partial charge in [0.2, 0.25) is 10.0 Å². The molecule has 1 saturated heterocycles. The average Bonchev–Trinajstić information content (AvgIpc) is 3.37. The fourth-order valence-corrected chi connectivity index (χ4v) is 4.06. The Balaban J connectivity index is 1.66. The van der Waals surface area contributed by atoms with Gasteiger partial charge in [-0.1, -0.05) is 18.2 Å². The fourth-order valence-electron chi connectivity index (χ4n) is 3.23. The van der Waals surface area contributed by atoms with E-state index < -0.39 is 10.0 Å². The van der Waals surface area contributed by atoms with E-state index in [4.69, 9.17) is 4.42 Å². The van der Waals surface area contributed by atoms with Gasteiger partial charge in [-0.05, 0) is 24.3 Å². The van der Waals surface area contributed by atoms with E-state index in [1.54, 1.807) is 34.0 Å². The van der Waals surface area contributed by atoms with Crippen molar-refractivity contribution in [2.45, 2.75) is 0 Å². The summed E-state index contributed by atoms with van der Waals surface area (Å²) in [6.07, 6.45) is 2.74. The van der Waals surface area contributed by atoms with Crippen molar-refractivity contribution in [3.8, 4) is 17.1 Å². The van der Waals surface area contributed by atoms with Gasteiger partial charge in [0.1, 0.15) is 11.4 Å². The third-order valence-electron chi connectivity index (χ3n) is 4.70. The Morgan fingerprint density at radius 1 is 1.04 bits per heavy atom. The SMILES string of the molecule is CS(=O)(=O)N1CCN(C(=O)c2cc(-c3ccco3)nn2-c2ccccc2)CC1. The van der Waals surface area contributed by atoms with Crippen LogP contribution >= 0.6 is 0 Å². The molecule has 3 aromatic rings. The summed E-state index contributed by atoms with van der Waals surface area (Å²) in [5.74, 6) is 0.382. The number of hydrogen-bond acceptors (Lipinski definition) is 5. The number of amides is 1. The van der Waals surface area contributed by atoms with Gasteiger partial charge < -0.3 is 9.32 Å². The normalized spacial score (nSPS) is 15.7. The number of benzene rings is 1. The highest BCUT2D eigenvalue weighted by Gasteiger charge is 2.29. The zero-order chi connectivity index (χ0) is 19.7. The lowest BCUT2D eigenvalue weighted by Crippen LogP contribution is -2.50. The third-order valence-corrected chi connectivity index (χ3v) is 6.00. The molecule has 1 aliphatic rings. The van der Waals surface area contributed by atoms with E-state index in [0.717, 1.165) is 5.69 Å². The van der Waals surface area contributed by atoms with Gasteiger partial charge >= 0.3 is 0 Å². The number of para-hydroxylation sites is 1. The molecule has 146 valence electrons. The van der Waals surface area contributed by atoms with E-state index in [1.165, 1.54) is 10.6 Å². The number of carbonyl (C=O) groups is 1. The number of piperazine rings is 1. The Kier molecular flexibility index (Phi) is 4.78. The minimum absolute atomic E-state index is 0.192. The minimum atomic E-state index is -3.25. The zero-order valence-electron chi connectivity index (χ0n) is 15.4. The summed E-state index contributed by atoms with van der Waals surface area (Å²) in [6, 6.07) is 14.7. The first kappa shape index (κ1) is 18.5. The first-order chi connectivity index (χ1) is 13.4. The van der Waals surface area contributed by atoms with E-state index in [9.17, 15) is 13.2 Å². The number of nitrogens with zero attached hydrogens (tertiary/aromatic N) is 4. The molecule has 0 aliphatic carbocycles. The lowest BCUT2D eigenvalue weighted by molar-refractivity contribution is 0.0689. The van der Waals surface area contributed by atoms with Gasteiger partial charge in [0.05, 0.1) is 18.2 Å². The van der Waals surface area contributed by atoms with Crippen LogP contribution in [0.2, 0.25) is 0 Å². The predicted molar refractivity (Wildman–Crippen MR) is 104 cm³/mol. The highest BCUT2D eigenvalue weighted by Crippen LogP contribution is 2.23. The molecule has 0 bridgehead atoms. The summed E-state index contributed by atoms with van der Waals surface area (Å²) in [5, 5.41) is 4.56. The van der Waals surface area contributed by atoms with Crippen LogP contribution in [0.25, 0.3) is 17.1 Å². The summed E-state index contributed by atoms with van der Waals surface area (Å²) >= 11 is 0. The van der Waals surface area contributed by atoms with E-state index >= 15 is 0 Å². The van der Waals surface area contributed by atoms with Crippen molar-refractivity contribution < 1.29 is 17.6 Å². The molecule has 0 saturated carbocycles. The number of hydrogen-bond donors (Lipinski definition) is 0. The van der Waals surface area contributed by atoms with E-state index in [-0.39, 0.29) is 19.0 Å². The molecule has 3 heterocycles. The predicted octanol–water partition coefficient (Wildman–Crippen LogP) is 1.85. The van der Waals surface area contributed by atoms with E-state index in [2.05, 4.69) is 5.10 Å². The average molecular weight is 400 g/mol. The van der Waals surface area contributed by atoms with Crippen molar-refractivity contribution in [3.63, 3.8) is 0 Å². The number of rotatable bonds is 4. The van der Waals surface area contributed by atoms with Crippen LogP contribution in [0.4, 0.5) is 0 Å². The van der Waals surface area contributed by atoms with Crippen LogP contribution in [0.5, 0.6) is 0 Å². The summed E-state index contributed by atoms with van der Waals surface area (Å²) in [6.45, 7) is 1.24. The third kappa shape index (κ3) is 3.58. The van der Waals surface area contributed by atoms with Crippen molar-refractivity contribution in [3.05, 3.63) is 60.5 Å². The zero-order valence-corrected chi connectivity index (χ0v) is 16.2. The molecule has 1 aromatic carbocycles. The second kappa shape index (κ2) is 7.25. The summed E-state index contributed by atoms with van der Waals surface area (Å²) in [7, 11) is -3.25. The standard InChI is InChI=1S/C19H20N4O4S/c1-28(25,26)22-11-9-21(10-12-22)19(24)17-14-16(18-8-5-13-27-18)20-23(17)15-6-3-2-4-7-15/h2-8,13-14H,9-12H2,1H3. The van der Waals surface area contributed by atoms with Gasteiger partial charge in [0, 0.05) is 32.2 Å². The quantitative estimate of drug-likeness (QED) is 0.667. The van der Waals surface area contributed by atoms with Gasteiger partial charge in [0.15, 0.2) is 5.76 Å². The molecule has 4 rings (SSSR count). The fraction of sp³-hybridized carbons (Fsp3) is 0.263. The van der Waals surface area contributed by atoms with Crippen LogP contribution in [0.15, 0.2) is 59.2 Å². The lowest BCUT2D eigenvalue weighted by Gasteiger charge is -2.33. The maximum Gasteiger partial charge on any atom is 0.272 e. The number of carbonyl (C=O) groups excluding carboxylic acids is 1. The Labute approximate surface area is 163 Å². The highest BCUT2D eigenvalue weighted by molar-refractivity contribution is 7.88. The molecule has 1 aliphatic heterocycles. The lowest BCUT2D eigenvalue weighted by atomic mass is 10.2. The van der Waals surface area contributed by atoms with Crippen molar-refractivity contribution >= 4 is 15.9 Å². The van der Waals surface area contributed by atoms with Gasteiger partial charge in [0.25, 0.3) is 5.91 Å². The van der Waals surface area contributed by atoms with Crippen LogP contribution in [0.3, 0.4) is 0 Å². The Morgan fingerprint density at radius 3 is 2.36 bits per heavy atom. The highest BCUT2D eigenvalue weighted by atomic mass is 32.2. The maximum atomic E-state index is 13.2. The molecule has 0 spiro atoms. The Morgan fingerprint density at radius 2 is 1.75 bits per heavy atom. The number of sulfonamides is 1. The molecule has 1 amide bonds. The van der Waals surface area contributed by atoms with Gasteiger partial charge in [-0.2, -0.15) is 9.40 Å². The summed E-state index contributed by atoms with van der Waals surface area (Å²) < 4.78 is 31.8. The van der Waals surface area contributed by atoms with Crippen molar-refractivity contribution in [1.29, 1.82) is 0 Å². The van der Waals surface area contributed by atoms with Gasteiger partial charge in [-0.25, -0.2) is 13.1 Å². The van der Waals surface area contributed by atoms with Crippen molar-refractivity contribution in [2.75, 3.05) is 32.4 Å². The van der Waals surface area contributed by atoms with Crippen molar-refractivity contribution in [2.24, 2.45) is 0 Å². The van der Waals surface area contributed by atoms with Crippen LogP contribution in [0.1, 0.15) is 10.5 Å². The molecule has 0 atom stereocenters. The largest absolute Gasteiger partial charge is 0.463 e. The maximum absolute atomic E-state index is 13.2. The molecule has 28 heavy (non-hydrogen) atoms. The van der Waals surface area contributed by atoms with Gasteiger partial charge in [-0.3, -0.25) is 4.79 Å². The van der Waals surface area contributed by atoms with Crippen LogP contribution in [-0.4, -0.2) is 65.7 Å². The van der Waals surface area contributed by atoms with Crippen LogP contribution < -0.4 is 0 Å².